The molecule has 170 valence electrons. The Morgan fingerprint density at radius 1 is 1.30 bits per heavy atom. The Hall–Kier alpha value is -3.83. The lowest BCUT2D eigenvalue weighted by Gasteiger charge is -2.21. The largest absolute Gasteiger partial charge is 0.493 e. The molecule has 8 nitrogen and oxygen atoms in total. The van der Waals surface area contributed by atoms with Crippen LogP contribution in [-0.2, 0) is 4.79 Å². The van der Waals surface area contributed by atoms with E-state index in [0.29, 0.717) is 41.2 Å². The van der Waals surface area contributed by atoms with Gasteiger partial charge in [0, 0.05) is 53.8 Å². The number of nitrogens with one attached hydrogen (secondary N) is 1. The molecule has 2 atom stereocenters. The number of ether oxygens (including phenoxy) is 2. The molecule has 4 rings (SSSR count). The second-order valence-corrected chi connectivity index (χ2v) is 7.73. The maximum Gasteiger partial charge on any atom is 0.239 e. The van der Waals surface area contributed by atoms with Crippen LogP contribution in [-0.4, -0.2) is 72.5 Å². The van der Waals surface area contributed by atoms with Crippen LogP contribution in [0.4, 0.5) is 11.5 Å². The lowest BCUT2D eigenvalue weighted by Crippen LogP contribution is -2.40. The predicted molar refractivity (Wildman–Crippen MR) is 128 cm³/mol. The summed E-state index contributed by atoms with van der Waals surface area (Å²) in [7, 11) is 0.855. The van der Waals surface area contributed by atoms with Gasteiger partial charge < -0.3 is 19.7 Å². The van der Waals surface area contributed by atoms with Crippen molar-refractivity contribution in [1.29, 1.82) is 0 Å². The summed E-state index contributed by atoms with van der Waals surface area (Å²) in [5.74, 6) is 3.78. The highest BCUT2D eigenvalue weighted by molar-refractivity contribution is 5.93. The number of rotatable bonds is 6. The van der Waals surface area contributed by atoms with Crippen LogP contribution in [0.25, 0.3) is 10.9 Å². The molecule has 8 heteroatoms. The molecule has 1 aliphatic rings. The van der Waals surface area contributed by atoms with Crippen LogP contribution in [0.2, 0.25) is 0 Å². The normalized spacial score (nSPS) is 19.2. The SMILES string of the molecule is [2H]CN(C[2H])C(=O)[C@@H]1C[C@H](Oc2cc3c(Nc4cccc(C#C)c4)ncnc3cc2OC)CN1C[2H]. The number of likely N-dealkylation sites (N-methyl/N-ethyl adjacent to an activating group) is 2. The minimum Gasteiger partial charge on any atom is -0.493 e. The first-order valence-corrected chi connectivity index (χ1v) is 10.2. The van der Waals surface area contributed by atoms with E-state index in [1.54, 1.807) is 17.0 Å². The molecule has 0 radical (unpaired) electrons. The first kappa shape index (κ1) is 18.7. The zero-order valence-corrected chi connectivity index (χ0v) is 18.3. The Bertz CT molecular complexity index is 1280. The van der Waals surface area contributed by atoms with Crippen LogP contribution in [0, 0.1) is 12.3 Å². The summed E-state index contributed by atoms with van der Waals surface area (Å²) in [6, 6.07) is 10.4. The zero-order valence-electron chi connectivity index (χ0n) is 21.3. The molecule has 0 saturated carbocycles. The number of hydrogen-bond acceptors (Lipinski definition) is 7. The quantitative estimate of drug-likeness (QED) is 0.581. The van der Waals surface area contributed by atoms with Gasteiger partial charge in [0.25, 0.3) is 0 Å². The van der Waals surface area contributed by atoms with E-state index in [2.05, 4.69) is 21.2 Å². The van der Waals surface area contributed by atoms with Crippen molar-refractivity contribution in [2.24, 2.45) is 0 Å². The molecule has 1 aromatic heterocycles. The van der Waals surface area contributed by atoms with Gasteiger partial charge in [0.1, 0.15) is 18.2 Å². The number of carbonyl (C=O) groups excluding carboxylic acids is 1. The van der Waals surface area contributed by atoms with Crippen molar-refractivity contribution in [1.82, 2.24) is 19.8 Å². The monoisotopic (exact) mass is 448 g/mol. The molecule has 1 N–H and O–H groups in total. The van der Waals surface area contributed by atoms with E-state index in [-0.39, 0.29) is 33.1 Å². The van der Waals surface area contributed by atoms with E-state index >= 15 is 0 Å². The fourth-order valence-corrected chi connectivity index (χ4v) is 3.83. The van der Waals surface area contributed by atoms with Crippen LogP contribution in [0.5, 0.6) is 11.5 Å². The maximum atomic E-state index is 12.8. The summed E-state index contributed by atoms with van der Waals surface area (Å²) in [5, 5.41) is 3.99. The van der Waals surface area contributed by atoms with Gasteiger partial charge in [-0.05, 0) is 31.3 Å². The number of carbonyl (C=O) groups is 1. The minimum atomic E-state index is -0.612. The fraction of sp³-hybridized carbons (Fsp3) is 0.320. The summed E-state index contributed by atoms with van der Waals surface area (Å²) < 4.78 is 34.7. The lowest BCUT2D eigenvalue weighted by atomic mass is 10.1. The number of terminal acetylenes is 1. The number of likely N-dealkylation sites (tertiary alicyclic amines) is 1. The summed E-state index contributed by atoms with van der Waals surface area (Å²) >= 11 is 0. The van der Waals surface area contributed by atoms with Gasteiger partial charge in [0.05, 0.1) is 18.7 Å². The Morgan fingerprint density at radius 3 is 2.94 bits per heavy atom. The molecule has 2 heterocycles. The number of hydrogen-bond donors (Lipinski definition) is 1. The van der Waals surface area contributed by atoms with Crippen LogP contribution >= 0.6 is 0 Å². The number of amides is 1. The van der Waals surface area contributed by atoms with E-state index in [1.807, 2.05) is 24.3 Å². The minimum absolute atomic E-state index is 0.0897. The average molecular weight is 449 g/mol. The van der Waals surface area contributed by atoms with Gasteiger partial charge >= 0.3 is 0 Å². The molecule has 1 fully saturated rings. The summed E-state index contributed by atoms with van der Waals surface area (Å²) in [6.07, 6.45) is 6.93. The highest BCUT2D eigenvalue weighted by Crippen LogP contribution is 2.36. The molecule has 3 aromatic rings. The number of anilines is 2. The van der Waals surface area contributed by atoms with Gasteiger partial charge in [0.15, 0.2) is 11.5 Å². The van der Waals surface area contributed by atoms with E-state index in [1.165, 1.54) is 13.4 Å². The number of methoxy groups -OCH3 is 1. The molecule has 1 saturated heterocycles. The van der Waals surface area contributed by atoms with E-state index in [4.69, 9.17) is 20.0 Å². The Morgan fingerprint density at radius 2 is 2.18 bits per heavy atom. The van der Waals surface area contributed by atoms with Gasteiger partial charge in [-0.1, -0.05) is 12.0 Å². The molecule has 33 heavy (non-hydrogen) atoms. The molecular formula is C25H27N5O3. The van der Waals surface area contributed by atoms with Gasteiger partial charge in [-0.3, -0.25) is 9.69 Å². The van der Waals surface area contributed by atoms with Crippen LogP contribution in [0.3, 0.4) is 0 Å². The van der Waals surface area contributed by atoms with Crippen molar-refractivity contribution in [3.63, 3.8) is 0 Å². The lowest BCUT2D eigenvalue weighted by molar-refractivity contribution is -0.133. The third-order valence-corrected chi connectivity index (χ3v) is 5.47. The smallest absolute Gasteiger partial charge is 0.239 e. The molecule has 0 unspecified atom stereocenters. The Labute approximate surface area is 197 Å². The van der Waals surface area contributed by atoms with Crippen molar-refractivity contribution >= 4 is 28.3 Å². The second-order valence-electron chi connectivity index (χ2n) is 7.73. The molecule has 0 spiro atoms. The van der Waals surface area contributed by atoms with Crippen molar-refractivity contribution in [2.75, 3.05) is 40.0 Å². The van der Waals surface area contributed by atoms with Crippen molar-refractivity contribution in [3.05, 3.63) is 48.3 Å². The Balaban J connectivity index is 1.62. The zero-order chi connectivity index (χ0) is 25.7. The highest BCUT2D eigenvalue weighted by atomic mass is 16.5. The second kappa shape index (κ2) is 9.35. The first-order chi connectivity index (χ1) is 17.5. The predicted octanol–water partition coefficient (Wildman–Crippen LogP) is 2.90. The van der Waals surface area contributed by atoms with Gasteiger partial charge in [0.2, 0.25) is 5.91 Å². The molecule has 2 aromatic carbocycles. The molecular weight excluding hydrogens is 418 g/mol. The van der Waals surface area contributed by atoms with E-state index in [0.717, 1.165) is 16.2 Å². The topological polar surface area (TPSA) is 79.8 Å². The average Bonchev–Trinajstić information content (AvgIpc) is 3.32. The molecule has 0 aliphatic carbocycles. The fourth-order valence-electron chi connectivity index (χ4n) is 3.83. The van der Waals surface area contributed by atoms with Crippen LogP contribution in [0.15, 0.2) is 42.7 Å². The van der Waals surface area contributed by atoms with Crippen molar-refractivity contribution in [2.45, 2.75) is 18.6 Å². The van der Waals surface area contributed by atoms with Gasteiger partial charge in [-0.25, -0.2) is 9.97 Å². The number of nitrogens with zero attached hydrogens (tertiary/aromatic N) is 4. The first-order valence-electron chi connectivity index (χ1n) is 12.4. The van der Waals surface area contributed by atoms with Crippen LogP contribution in [0.1, 0.15) is 16.1 Å². The summed E-state index contributed by atoms with van der Waals surface area (Å²) in [5.41, 5.74) is 2.17. The van der Waals surface area contributed by atoms with Gasteiger partial charge in [-0.15, -0.1) is 6.42 Å². The van der Waals surface area contributed by atoms with E-state index in [9.17, 15) is 4.79 Å². The molecule has 1 amide bonds. The van der Waals surface area contributed by atoms with E-state index < -0.39 is 6.04 Å². The standard InChI is InChI=1S/C25H27N5O3/c1-6-16-8-7-9-17(10-16)28-24-19-12-23(22(32-5)13-20(19)26-15-27-24)33-18-11-21(30(4)14-18)25(31)29(2)3/h1,7-10,12-13,15,18,21H,11,14H2,2-5H3,(H,26,27,28)/t18-,21-/m0/s1/i2D,3D,4D. The molecule has 1 aliphatic heterocycles. The third-order valence-electron chi connectivity index (χ3n) is 5.47. The van der Waals surface area contributed by atoms with Gasteiger partial charge in [-0.2, -0.15) is 0 Å². The Kier molecular flexibility index (Phi) is 5.30. The summed E-state index contributed by atoms with van der Waals surface area (Å²) in [6.45, 7) is 0.361. The number of fused-ring (bicyclic) bond motifs is 1. The third kappa shape index (κ3) is 4.69. The summed E-state index contributed by atoms with van der Waals surface area (Å²) in [4.78, 5) is 24.4. The maximum absolute atomic E-state index is 12.8. The van der Waals surface area contributed by atoms with Crippen molar-refractivity contribution in [3.8, 4) is 23.8 Å². The number of benzene rings is 2. The number of aromatic nitrogens is 2. The van der Waals surface area contributed by atoms with Crippen molar-refractivity contribution < 1.29 is 18.4 Å². The van der Waals surface area contributed by atoms with Crippen LogP contribution < -0.4 is 14.8 Å². The molecule has 0 bridgehead atoms. The highest BCUT2D eigenvalue weighted by Gasteiger charge is 2.36.